The number of halogens is 1. The molecule has 2 atom stereocenters. The third-order valence-corrected chi connectivity index (χ3v) is 4.44. The second-order valence-electron chi connectivity index (χ2n) is 6.77. The fourth-order valence-corrected chi connectivity index (χ4v) is 3.20. The van der Waals surface area contributed by atoms with Crippen LogP contribution in [0.2, 0.25) is 0 Å². The Labute approximate surface area is 149 Å². The third kappa shape index (κ3) is 3.85. The van der Waals surface area contributed by atoms with Crippen LogP contribution in [0.15, 0.2) is 12.1 Å². The van der Waals surface area contributed by atoms with Crippen LogP contribution in [0.1, 0.15) is 20.8 Å². The van der Waals surface area contributed by atoms with Crippen LogP contribution < -0.4 is 4.90 Å². The van der Waals surface area contributed by atoms with Crippen LogP contribution in [0.5, 0.6) is 0 Å². The molecule has 8 heteroatoms. The minimum atomic E-state index is -0.493. The van der Waals surface area contributed by atoms with Crippen LogP contribution in [-0.2, 0) is 9.47 Å². The highest BCUT2D eigenvalue weighted by Gasteiger charge is 2.43. The normalized spacial score (nSPS) is 24.5. The highest BCUT2D eigenvalue weighted by molar-refractivity contribution is 14.1. The van der Waals surface area contributed by atoms with Gasteiger partial charge in [0.05, 0.1) is 25.3 Å². The second kappa shape index (κ2) is 6.39. The number of ether oxygens (including phenoxy) is 2. The minimum absolute atomic E-state index is 0.0163. The monoisotopic (exact) mass is 432 g/mol. The fourth-order valence-electron chi connectivity index (χ4n) is 2.91. The minimum Gasteiger partial charge on any atom is -0.444 e. The molecule has 2 aliphatic heterocycles. The molecule has 2 saturated heterocycles. The summed E-state index contributed by atoms with van der Waals surface area (Å²) in [5.41, 5.74) is -0.493. The predicted octanol–water partition coefficient (Wildman–Crippen LogP) is 1.91. The molecule has 0 aromatic carbocycles. The van der Waals surface area contributed by atoms with E-state index in [0.29, 0.717) is 19.7 Å². The molecule has 0 spiro atoms. The molecule has 0 N–H and O–H groups in total. The van der Waals surface area contributed by atoms with Crippen molar-refractivity contribution in [3.8, 4) is 0 Å². The lowest BCUT2D eigenvalue weighted by atomic mass is 10.1. The SMILES string of the molecule is CC(C)(C)OC(=O)N1CC2OCCN(c3ccc(I)nn3)C2C1. The van der Waals surface area contributed by atoms with E-state index in [1.807, 2.05) is 32.9 Å². The van der Waals surface area contributed by atoms with Crippen molar-refractivity contribution in [1.29, 1.82) is 0 Å². The van der Waals surface area contributed by atoms with Crippen LogP contribution in [0.3, 0.4) is 0 Å². The number of likely N-dealkylation sites (tertiary alicyclic amines) is 1. The Morgan fingerprint density at radius 1 is 1.35 bits per heavy atom. The zero-order valence-electron chi connectivity index (χ0n) is 13.5. The second-order valence-corrected chi connectivity index (χ2v) is 7.87. The first-order valence-electron chi connectivity index (χ1n) is 7.69. The zero-order valence-corrected chi connectivity index (χ0v) is 15.7. The first kappa shape index (κ1) is 16.7. The zero-order chi connectivity index (χ0) is 16.6. The van der Waals surface area contributed by atoms with Crippen molar-refractivity contribution in [3.05, 3.63) is 15.8 Å². The summed E-state index contributed by atoms with van der Waals surface area (Å²) in [7, 11) is 0. The summed E-state index contributed by atoms with van der Waals surface area (Å²) in [6.07, 6.45) is -0.304. The average molecular weight is 432 g/mol. The number of carbonyl (C=O) groups is 1. The topological polar surface area (TPSA) is 67.8 Å². The van der Waals surface area contributed by atoms with Gasteiger partial charge in [-0.05, 0) is 55.5 Å². The molecular weight excluding hydrogens is 411 g/mol. The smallest absolute Gasteiger partial charge is 0.410 e. The average Bonchev–Trinajstić information content (AvgIpc) is 2.90. The highest BCUT2D eigenvalue weighted by atomic mass is 127. The summed E-state index contributed by atoms with van der Waals surface area (Å²) < 4.78 is 12.2. The van der Waals surface area contributed by atoms with Crippen molar-refractivity contribution >= 4 is 34.5 Å². The Morgan fingerprint density at radius 2 is 2.13 bits per heavy atom. The van der Waals surface area contributed by atoms with Gasteiger partial charge in [-0.15, -0.1) is 10.2 Å². The summed E-state index contributed by atoms with van der Waals surface area (Å²) >= 11 is 2.14. The molecule has 7 nitrogen and oxygen atoms in total. The van der Waals surface area contributed by atoms with E-state index in [2.05, 4.69) is 37.7 Å². The fraction of sp³-hybridized carbons (Fsp3) is 0.667. The lowest BCUT2D eigenvalue weighted by Gasteiger charge is -2.37. The molecule has 0 radical (unpaired) electrons. The molecule has 1 amide bonds. The molecule has 2 aliphatic rings. The Hall–Kier alpha value is -1.16. The molecule has 126 valence electrons. The highest BCUT2D eigenvalue weighted by Crippen LogP contribution is 2.27. The van der Waals surface area contributed by atoms with Crippen molar-refractivity contribution in [2.45, 2.75) is 38.5 Å². The van der Waals surface area contributed by atoms with E-state index in [1.54, 1.807) is 4.90 Å². The number of morpholine rings is 1. The van der Waals surface area contributed by atoms with Crippen molar-refractivity contribution in [1.82, 2.24) is 15.1 Å². The molecule has 1 aromatic rings. The molecule has 0 aliphatic carbocycles. The maximum absolute atomic E-state index is 12.3. The standard InChI is InChI=1S/C15H21IN4O3/c1-15(2,3)23-14(21)19-8-10-11(9-19)22-7-6-20(10)13-5-4-12(16)17-18-13/h4-5,10-11H,6-9H2,1-3H3. The molecule has 2 fully saturated rings. The van der Waals surface area contributed by atoms with Gasteiger partial charge in [-0.3, -0.25) is 0 Å². The summed E-state index contributed by atoms with van der Waals surface area (Å²) in [6.45, 7) is 8.12. The van der Waals surface area contributed by atoms with Crippen molar-refractivity contribution in [3.63, 3.8) is 0 Å². The van der Waals surface area contributed by atoms with Gasteiger partial charge < -0.3 is 19.3 Å². The van der Waals surface area contributed by atoms with Crippen LogP contribution >= 0.6 is 22.6 Å². The molecule has 1 aromatic heterocycles. The van der Waals surface area contributed by atoms with Crippen molar-refractivity contribution in [2.24, 2.45) is 0 Å². The van der Waals surface area contributed by atoms with E-state index >= 15 is 0 Å². The van der Waals surface area contributed by atoms with E-state index in [1.165, 1.54) is 0 Å². The van der Waals surface area contributed by atoms with Crippen LogP contribution in [0.4, 0.5) is 10.6 Å². The van der Waals surface area contributed by atoms with Gasteiger partial charge >= 0.3 is 6.09 Å². The summed E-state index contributed by atoms with van der Waals surface area (Å²) in [4.78, 5) is 16.2. The van der Waals surface area contributed by atoms with Crippen molar-refractivity contribution in [2.75, 3.05) is 31.1 Å². The van der Waals surface area contributed by atoms with Gasteiger partial charge in [0, 0.05) is 13.1 Å². The maximum Gasteiger partial charge on any atom is 0.410 e. The Balaban J connectivity index is 1.72. The summed E-state index contributed by atoms with van der Waals surface area (Å²) in [6, 6.07) is 3.99. The third-order valence-electron chi connectivity index (χ3n) is 3.87. The number of hydrogen-bond donors (Lipinski definition) is 0. The van der Waals surface area contributed by atoms with E-state index in [-0.39, 0.29) is 18.2 Å². The molecule has 2 unspecified atom stereocenters. The molecule has 3 heterocycles. The van der Waals surface area contributed by atoms with E-state index in [0.717, 1.165) is 16.1 Å². The number of rotatable bonds is 1. The van der Waals surface area contributed by atoms with Crippen LogP contribution in [0.25, 0.3) is 0 Å². The van der Waals surface area contributed by atoms with Crippen LogP contribution in [0, 0.1) is 3.70 Å². The maximum atomic E-state index is 12.3. The number of anilines is 1. The van der Waals surface area contributed by atoms with Gasteiger partial charge in [-0.1, -0.05) is 0 Å². The van der Waals surface area contributed by atoms with E-state index in [4.69, 9.17) is 9.47 Å². The Bertz CT molecular complexity index is 575. The predicted molar refractivity (Wildman–Crippen MR) is 93.4 cm³/mol. The van der Waals surface area contributed by atoms with E-state index in [9.17, 15) is 4.79 Å². The number of nitrogens with zero attached hydrogens (tertiary/aromatic N) is 4. The molecular formula is C15H21IN4O3. The lowest BCUT2D eigenvalue weighted by Crippen LogP contribution is -2.51. The largest absolute Gasteiger partial charge is 0.444 e. The number of aromatic nitrogens is 2. The molecule has 0 saturated carbocycles. The Morgan fingerprint density at radius 3 is 2.78 bits per heavy atom. The number of amides is 1. The molecule has 23 heavy (non-hydrogen) atoms. The van der Waals surface area contributed by atoms with Crippen molar-refractivity contribution < 1.29 is 14.3 Å². The van der Waals surface area contributed by atoms with Gasteiger partial charge in [0.2, 0.25) is 0 Å². The number of fused-ring (bicyclic) bond motifs is 1. The number of hydrogen-bond acceptors (Lipinski definition) is 6. The molecule has 0 bridgehead atoms. The first-order chi connectivity index (χ1) is 10.8. The first-order valence-corrected chi connectivity index (χ1v) is 8.77. The lowest BCUT2D eigenvalue weighted by molar-refractivity contribution is 0.0162. The molecule has 3 rings (SSSR count). The van der Waals surface area contributed by atoms with Gasteiger partial charge in [-0.2, -0.15) is 0 Å². The summed E-state index contributed by atoms with van der Waals surface area (Å²) in [5.74, 6) is 0.828. The van der Waals surface area contributed by atoms with Gasteiger partial charge in [0.1, 0.15) is 9.30 Å². The summed E-state index contributed by atoms with van der Waals surface area (Å²) in [5, 5.41) is 8.39. The van der Waals surface area contributed by atoms with Gasteiger partial charge in [0.25, 0.3) is 0 Å². The van der Waals surface area contributed by atoms with Gasteiger partial charge in [0.15, 0.2) is 5.82 Å². The quantitative estimate of drug-likeness (QED) is 0.632. The van der Waals surface area contributed by atoms with E-state index < -0.39 is 5.60 Å². The Kier molecular flexibility index (Phi) is 4.63. The van der Waals surface area contributed by atoms with Gasteiger partial charge in [-0.25, -0.2) is 4.79 Å². The number of carbonyl (C=O) groups excluding carboxylic acids is 1. The van der Waals surface area contributed by atoms with Crippen LogP contribution in [-0.4, -0.2) is 65.2 Å².